The van der Waals surface area contributed by atoms with E-state index >= 15 is 0 Å². The Balaban J connectivity index is 1.90. The maximum absolute atomic E-state index is 11.9. The molecule has 1 fully saturated rings. The summed E-state index contributed by atoms with van der Waals surface area (Å²) in [6.45, 7) is 6.08. The Labute approximate surface area is 161 Å². The largest absolute Gasteiger partial charge is 0.356 e. The lowest BCUT2D eigenvalue weighted by atomic mass is 9.89. The number of nitrogens with one attached hydrogen (secondary N) is 2. The van der Waals surface area contributed by atoms with Crippen molar-refractivity contribution in [1.29, 1.82) is 0 Å². The lowest BCUT2D eigenvalue weighted by Gasteiger charge is -2.23. The van der Waals surface area contributed by atoms with Crippen LogP contribution in [0.4, 0.5) is 0 Å². The normalized spacial score (nSPS) is 17.0. The summed E-state index contributed by atoms with van der Waals surface area (Å²) in [5, 5.41) is 7.97. The summed E-state index contributed by atoms with van der Waals surface area (Å²) in [5.41, 5.74) is 0. The number of rotatable bonds is 7. The first-order chi connectivity index (χ1) is 12.5. The van der Waals surface area contributed by atoms with Gasteiger partial charge in [0.05, 0.1) is 5.01 Å². The zero-order valence-corrected chi connectivity index (χ0v) is 17.4. The molecule has 0 aromatic carbocycles. The van der Waals surface area contributed by atoms with Crippen molar-refractivity contribution in [3.8, 4) is 0 Å². The van der Waals surface area contributed by atoms with Crippen LogP contribution in [0, 0.1) is 12.8 Å². The second-order valence-electron chi connectivity index (χ2n) is 7.43. The quantitative estimate of drug-likeness (QED) is 0.565. The Morgan fingerprint density at radius 2 is 2.08 bits per heavy atom. The molecule has 26 heavy (non-hydrogen) atoms. The van der Waals surface area contributed by atoms with Crippen molar-refractivity contribution in [2.45, 2.75) is 51.9 Å². The molecular formula is C19H33N5OS. The molecule has 1 amide bonds. The molecule has 2 rings (SSSR count). The summed E-state index contributed by atoms with van der Waals surface area (Å²) in [7, 11) is 3.51. The van der Waals surface area contributed by atoms with Crippen LogP contribution >= 0.6 is 11.3 Å². The minimum Gasteiger partial charge on any atom is -0.356 e. The van der Waals surface area contributed by atoms with Crippen LogP contribution in [-0.4, -0.2) is 55.5 Å². The van der Waals surface area contributed by atoms with Gasteiger partial charge in [-0.1, -0.05) is 26.2 Å². The highest BCUT2D eigenvalue weighted by atomic mass is 32.1. The van der Waals surface area contributed by atoms with Crippen molar-refractivity contribution in [2.24, 2.45) is 10.9 Å². The van der Waals surface area contributed by atoms with E-state index in [1.165, 1.54) is 37.0 Å². The first kappa shape index (κ1) is 20.7. The molecule has 6 nitrogen and oxygen atoms in total. The second kappa shape index (κ2) is 10.5. The predicted molar refractivity (Wildman–Crippen MR) is 109 cm³/mol. The molecule has 1 heterocycles. The highest BCUT2D eigenvalue weighted by Crippen LogP contribution is 2.23. The standard InChI is InChI=1S/C19H33N5OS/c1-14(18-20-11-15(2)26-18)10-21-19(23-13-17(25)24(3)4)22-12-16-8-6-5-7-9-16/h11,14,16H,5-10,12-13H2,1-4H3,(H2,21,22,23). The Hall–Kier alpha value is -1.63. The third-order valence-electron chi connectivity index (χ3n) is 4.79. The molecule has 146 valence electrons. The van der Waals surface area contributed by atoms with Gasteiger partial charge in [-0.05, 0) is 25.7 Å². The van der Waals surface area contributed by atoms with Crippen LogP contribution in [0.3, 0.4) is 0 Å². The first-order valence-electron chi connectivity index (χ1n) is 9.60. The van der Waals surface area contributed by atoms with E-state index in [1.807, 2.05) is 6.20 Å². The molecule has 7 heteroatoms. The molecule has 1 aromatic heterocycles. The number of nitrogens with zero attached hydrogens (tertiary/aromatic N) is 3. The van der Waals surface area contributed by atoms with Crippen molar-refractivity contribution in [2.75, 3.05) is 33.7 Å². The average Bonchev–Trinajstić information content (AvgIpc) is 3.07. The number of hydrogen-bond donors (Lipinski definition) is 2. The second-order valence-corrected chi connectivity index (χ2v) is 8.70. The van der Waals surface area contributed by atoms with Crippen molar-refractivity contribution >= 4 is 23.2 Å². The minimum absolute atomic E-state index is 0.00682. The molecule has 1 aliphatic rings. The van der Waals surface area contributed by atoms with Crippen molar-refractivity contribution in [1.82, 2.24) is 20.5 Å². The van der Waals surface area contributed by atoms with E-state index in [9.17, 15) is 4.79 Å². The summed E-state index contributed by atoms with van der Waals surface area (Å²) in [6, 6.07) is 0. The van der Waals surface area contributed by atoms with Gasteiger partial charge >= 0.3 is 0 Å². The molecule has 0 aliphatic heterocycles. The van der Waals surface area contributed by atoms with E-state index in [0.717, 1.165) is 24.1 Å². The van der Waals surface area contributed by atoms with Crippen LogP contribution in [0.15, 0.2) is 11.2 Å². The third-order valence-corrected chi connectivity index (χ3v) is 5.93. The molecule has 1 saturated carbocycles. The smallest absolute Gasteiger partial charge is 0.243 e. The van der Waals surface area contributed by atoms with Crippen molar-refractivity contribution in [3.63, 3.8) is 0 Å². The first-order valence-corrected chi connectivity index (χ1v) is 10.4. The third kappa shape index (κ3) is 6.94. The number of hydrogen-bond acceptors (Lipinski definition) is 4. The van der Waals surface area contributed by atoms with Crippen LogP contribution < -0.4 is 10.6 Å². The number of amides is 1. The molecule has 1 aliphatic carbocycles. The van der Waals surface area contributed by atoms with Crippen LogP contribution in [-0.2, 0) is 4.79 Å². The SMILES string of the molecule is Cc1cnc(C(C)CNC(=NCC(=O)N(C)C)NCC2CCCCC2)s1. The number of carbonyl (C=O) groups is 1. The van der Waals surface area contributed by atoms with E-state index in [4.69, 9.17) is 0 Å². The summed E-state index contributed by atoms with van der Waals surface area (Å²) < 4.78 is 0. The number of likely N-dealkylation sites (N-methyl/N-ethyl adjacent to an activating group) is 1. The van der Waals surface area contributed by atoms with Gasteiger partial charge < -0.3 is 15.5 Å². The molecule has 1 atom stereocenters. The Morgan fingerprint density at radius 1 is 1.35 bits per heavy atom. The topological polar surface area (TPSA) is 69.6 Å². The summed E-state index contributed by atoms with van der Waals surface area (Å²) in [4.78, 5) is 23.6. The van der Waals surface area contributed by atoms with Gasteiger partial charge in [0.15, 0.2) is 5.96 Å². The number of aryl methyl sites for hydroxylation is 1. The predicted octanol–water partition coefficient (Wildman–Crippen LogP) is 2.76. The van der Waals surface area contributed by atoms with Crippen LogP contribution in [0.1, 0.15) is 54.8 Å². The van der Waals surface area contributed by atoms with Gasteiger partial charge in [-0.2, -0.15) is 0 Å². The Kier molecular flexibility index (Phi) is 8.35. The van der Waals surface area contributed by atoms with E-state index < -0.39 is 0 Å². The molecule has 1 unspecified atom stereocenters. The number of guanidine groups is 1. The fraction of sp³-hybridized carbons (Fsp3) is 0.737. The van der Waals surface area contributed by atoms with Crippen LogP contribution in [0.2, 0.25) is 0 Å². The van der Waals surface area contributed by atoms with Gasteiger partial charge in [-0.25, -0.2) is 9.98 Å². The minimum atomic E-state index is 0.00682. The maximum Gasteiger partial charge on any atom is 0.243 e. The number of aromatic nitrogens is 1. The van der Waals surface area contributed by atoms with Gasteiger partial charge in [0.2, 0.25) is 5.91 Å². The zero-order chi connectivity index (χ0) is 18.9. The van der Waals surface area contributed by atoms with E-state index in [0.29, 0.717) is 11.8 Å². The molecular weight excluding hydrogens is 346 g/mol. The van der Waals surface area contributed by atoms with Gasteiger partial charge in [0, 0.05) is 44.2 Å². The van der Waals surface area contributed by atoms with Crippen molar-refractivity contribution in [3.05, 3.63) is 16.1 Å². The molecule has 2 N–H and O–H groups in total. The maximum atomic E-state index is 11.9. The summed E-state index contributed by atoms with van der Waals surface area (Å²) in [5.74, 6) is 1.75. The number of thiazole rings is 1. The molecule has 0 saturated heterocycles. The Bertz CT molecular complexity index is 593. The van der Waals surface area contributed by atoms with Crippen LogP contribution in [0.5, 0.6) is 0 Å². The summed E-state index contributed by atoms with van der Waals surface area (Å²) in [6.07, 6.45) is 8.50. The Morgan fingerprint density at radius 3 is 2.69 bits per heavy atom. The van der Waals surface area contributed by atoms with Gasteiger partial charge in [0.25, 0.3) is 0 Å². The zero-order valence-electron chi connectivity index (χ0n) is 16.5. The van der Waals surface area contributed by atoms with E-state index in [1.54, 1.807) is 30.3 Å². The monoisotopic (exact) mass is 379 g/mol. The molecule has 0 bridgehead atoms. The lowest BCUT2D eigenvalue weighted by molar-refractivity contribution is -0.127. The fourth-order valence-corrected chi connectivity index (χ4v) is 3.86. The average molecular weight is 380 g/mol. The number of carbonyl (C=O) groups excluding carboxylic acids is 1. The van der Waals surface area contributed by atoms with Gasteiger partial charge in [-0.3, -0.25) is 4.79 Å². The highest BCUT2D eigenvalue weighted by molar-refractivity contribution is 7.11. The fourth-order valence-electron chi connectivity index (χ4n) is 3.03. The summed E-state index contributed by atoms with van der Waals surface area (Å²) >= 11 is 1.73. The van der Waals surface area contributed by atoms with Crippen molar-refractivity contribution < 1.29 is 4.79 Å². The molecule has 1 aromatic rings. The van der Waals surface area contributed by atoms with E-state index in [2.05, 4.69) is 34.5 Å². The lowest BCUT2D eigenvalue weighted by Crippen LogP contribution is -2.42. The number of aliphatic imine (C=N–C) groups is 1. The molecule has 0 radical (unpaired) electrons. The van der Waals surface area contributed by atoms with E-state index in [-0.39, 0.29) is 12.5 Å². The van der Waals surface area contributed by atoms with Gasteiger partial charge in [-0.15, -0.1) is 11.3 Å². The highest BCUT2D eigenvalue weighted by Gasteiger charge is 2.15. The van der Waals surface area contributed by atoms with Crippen LogP contribution in [0.25, 0.3) is 0 Å². The van der Waals surface area contributed by atoms with Gasteiger partial charge in [0.1, 0.15) is 6.54 Å². The molecule has 0 spiro atoms.